The topological polar surface area (TPSA) is 108 Å². The summed E-state index contributed by atoms with van der Waals surface area (Å²) < 4.78 is 87.4. The number of carbonyl (C=O) groups is 1. The molecule has 2 fully saturated rings. The van der Waals surface area contributed by atoms with Crippen LogP contribution in [0.15, 0.2) is 83.8 Å². The van der Waals surface area contributed by atoms with Gasteiger partial charge in [0.2, 0.25) is 21.9 Å². The molecule has 0 spiro atoms. The molecular weight excluding hydrogens is 664 g/mol. The van der Waals surface area contributed by atoms with Crippen LogP contribution in [0.4, 0.5) is 29.2 Å². The van der Waals surface area contributed by atoms with E-state index in [0.29, 0.717) is 73.4 Å². The summed E-state index contributed by atoms with van der Waals surface area (Å²) in [5.41, 5.74) is 0.839. The van der Waals surface area contributed by atoms with E-state index in [0.717, 1.165) is 12.1 Å². The summed E-state index contributed by atoms with van der Waals surface area (Å²) in [5.74, 6) is -0.0163. The Labute approximate surface area is 281 Å². The van der Waals surface area contributed by atoms with E-state index in [1.807, 2.05) is 9.80 Å². The molecule has 258 valence electrons. The van der Waals surface area contributed by atoms with Crippen LogP contribution in [0.25, 0.3) is 11.3 Å². The van der Waals surface area contributed by atoms with Gasteiger partial charge in [-0.25, -0.2) is 22.8 Å². The molecule has 2 aliphatic rings. The Hall–Kier alpha value is -4.76. The summed E-state index contributed by atoms with van der Waals surface area (Å²) in [6, 6.07) is 17.7. The summed E-state index contributed by atoms with van der Waals surface area (Å²) in [6.45, 7) is 1.93. The molecule has 2 saturated heterocycles. The molecule has 1 aromatic heterocycles. The Morgan fingerprint density at radius 3 is 2.24 bits per heavy atom. The number of ether oxygens (including phenoxy) is 1. The number of benzene rings is 3. The van der Waals surface area contributed by atoms with Crippen LogP contribution in [-0.2, 0) is 27.5 Å². The fraction of sp³-hybridized carbons (Fsp3) is 0.324. The number of nitrogens with zero attached hydrogens (tertiary/aromatic N) is 5. The predicted octanol–water partition coefficient (Wildman–Crippen LogP) is 5.11. The highest BCUT2D eigenvalue weighted by Gasteiger charge is 2.39. The molecule has 1 amide bonds. The Morgan fingerprint density at radius 1 is 0.918 bits per heavy atom. The number of carbonyl (C=O) groups excluding carboxylic acids is 1. The maximum atomic E-state index is 14.4. The summed E-state index contributed by atoms with van der Waals surface area (Å²) in [6.07, 6.45) is -3.67. The first kappa shape index (κ1) is 34.1. The van der Waals surface area contributed by atoms with Crippen molar-refractivity contribution < 1.29 is 35.5 Å². The summed E-state index contributed by atoms with van der Waals surface area (Å²) in [7, 11) is -2.49. The number of amides is 1. The quantitative estimate of drug-likeness (QED) is 0.241. The van der Waals surface area contributed by atoms with Crippen molar-refractivity contribution in [3.8, 4) is 17.0 Å². The highest BCUT2D eigenvalue weighted by atomic mass is 32.2. The molecule has 6 rings (SSSR count). The molecule has 0 saturated carbocycles. The van der Waals surface area contributed by atoms with E-state index in [2.05, 4.69) is 15.3 Å². The van der Waals surface area contributed by atoms with E-state index in [1.54, 1.807) is 36.4 Å². The molecule has 0 bridgehead atoms. The zero-order chi connectivity index (χ0) is 34.8. The minimum absolute atomic E-state index is 0.0460. The lowest BCUT2D eigenvalue weighted by Crippen LogP contribution is -2.47. The fourth-order valence-electron chi connectivity index (χ4n) is 6.02. The number of sulfonamides is 1. The first-order chi connectivity index (χ1) is 23.4. The minimum atomic E-state index is -4.50. The zero-order valence-electron chi connectivity index (χ0n) is 26.5. The molecule has 10 nitrogen and oxygen atoms in total. The number of aromatic nitrogens is 2. The van der Waals surface area contributed by atoms with Crippen molar-refractivity contribution in [2.24, 2.45) is 0 Å². The van der Waals surface area contributed by atoms with Crippen molar-refractivity contribution in [2.45, 2.75) is 36.5 Å². The van der Waals surface area contributed by atoms with E-state index in [9.17, 15) is 30.8 Å². The van der Waals surface area contributed by atoms with E-state index in [1.165, 1.54) is 41.7 Å². The molecule has 0 aliphatic carbocycles. The Kier molecular flexibility index (Phi) is 9.75. The lowest BCUT2D eigenvalue weighted by atomic mass is 10.1. The number of piperazine rings is 1. The number of alkyl halides is 3. The van der Waals surface area contributed by atoms with Gasteiger partial charge in [0.15, 0.2) is 0 Å². The van der Waals surface area contributed by atoms with Crippen LogP contribution in [0.5, 0.6) is 5.75 Å². The molecule has 15 heteroatoms. The second kappa shape index (κ2) is 14.0. The van der Waals surface area contributed by atoms with Gasteiger partial charge in [0.05, 0.1) is 41.2 Å². The second-order valence-corrected chi connectivity index (χ2v) is 13.6. The van der Waals surface area contributed by atoms with E-state index in [-0.39, 0.29) is 23.8 Å². The van der Waals surface area contributed by atoms with E-state index >= 15 is 0 Å². The average Bonchev–Trinajstić information content (AvgIpc) is 3.62. The van der Waals surface area contributed by atoms with Gasteiger partial charge >= 0.3 is 6.18 Å². The zero-order valence-corrected chi connectivity index (χ0v) is 27.3. The molecule has 0 radical (unpaired) electrons. The SMILES string of the molecule is COc1ccc(S(=O)(=O)N2CCC[C@H]2C(=O)NCc2cc(-c3ccc(C(F)(F)F)cc3)nc(N3CCN(c4ccccc4F)CC3)n2)cc1. The Balaban J connectivity index is 1.22. The van der Waals surface area contributed by atoms with Crippen molar-refractivity contribution in [3.63, 3.8) is 0 Å². The number of hydrogen-bond donors (Lipinski definition) is 1. The van der Waals surface area contributed by atoms with Gasteiger partial charge in [-0.15, -0.1) is 0 Å². The number of rotatable bonds is 9. The Bertz CT molecular complexity index is 1900. The Morgan fingerprint density at radius 2 is 1.59 bits per heavy atom. The normalized spacial score (nSPS) is 17.3. The third-order valence-corrected chi connectivity index (χ3v) is 10.6. The van der Waals surface area contributed by atoms with Gasteiger partial charge in [-0.3, -0.25) is 4.79 Å². The fourth-order valence-corrected chi connectivity index (χ4v) is 7.67. The molecule has 3 heterocycles. The minimum Gasteiger partial charge on any atom is -0.497 e. The monoisotopic (exact) mass is 698 g/mol. The van der Waals surface area contributed by atoms with Crippen molar-refractivity contribution in [2.75, 3.05) is 49.6 Å². The van der Waals surface area contributed by atoms with Gasteiger partial charge in [0.25, 0.3) is 0 Å². The van der Waals surface area contributed by atoms with Crippen LogP contribution in [0.2, 0.25) is 0 Å². The van der Waals surface area contributed by atoms with Crippen LogP contribution in [0.1, 0.15) is 24.1 Å². The van der Waals surface area contributed by atoms with E-state index in [4.69, 9.17) is 4.74 Å². The molecule has 49 heavy (non-hydrogen) atoms. The molecule has 1 atom stereocenters. The molecule has 1 N–H and O–H groups in total. The van der Waals surface area contributed by atoms with Crippen LogP contribution >= 0.6 is 0 Å². The van der Waals surface area contributed by atoms with Crippen molar-refractivity contribution in [3.05, 3.63) is 95.9 Å². The van der Waals surface area contributed by atoms with Crippen molar-refractivity contribution >= 4 is 27.6 Å². The summed E-state index contributed by atoms with van der Waals surface area (Å²) in [5, 5.41) is 2.81. The number of methoxy groups -OCH3 is 1. The van der Waals surface area contributed by atoms with Crippen LogP contribution in [0.3, 0.4) is 0 Å². The van der Waals surface area contributed by atoms with Gasteiger partial charge in [0, 0.05) is 38.3 Å². The maximum Gasteiger partial charge on any atom is 0.416 e. The highest BCUT2D eigenvalue weighted by Crippen LogP contribution is 2.32. The smallest absolute Gasteiger partial charge is 0.416 e. The standard InChI is InChI=1S/C34H34F4N6O4S/c1-48-26-12-14-27(15-13-26)49(46,47)44-16-4-7-31(44)32(45)39-22-25-21-29(23-8-10-24(11-9-23)34(36,37)38)41-33(40-25)43-19-17-42(18-20-43)30-6-3-2-5-28(30)35/h2-3,5-6,8-15,21,31H,4,7,16-20,22H2,1H3,(H,39,45)/t31-/m0/s1. The van der Waals surface area contributed by atoms with Crippen LogP contribution in [0, 0.1) is 5.82 Å². The number of anilines is 2. The highest BCUT2D eigenvalue weighted by molar-refractivity contribution is 7.89. The predicted molar refractivity (Wildman–Crippen MR) is 175 cm³/mol. The summed E-state index contributed by atoms with van der Waals surface area (Å²) >= 11 is 0. The molecule has 0 unspecified atom stereocenters. The first-order valence-corrected chi connectivity index (χ1v) is 17.1. The average molecular weight is 699 g/mol. The lowest BCUT2D eigenvalue weighted by molar-refractivity contribution is -0.137. The van der Waals surface area contributed by atoms with Gasteiger partial charge in [-0.05, 0) is 67.4 Å². The van der Waals surface area contributed by atoms with Gasteiger partial charge < -0.3 is 19.9 Å². The first-order valence-electron chi connectivity index (χ1n) is 15.7. The molecule has 3 aromatic carbocycles. The van der Waals surface area contributed by atoms with Gasteiger partial charge in [-0.1, -0.05) is 24.3 Å². The third-order valence-electron chi connectivity index (χ3n) is 8.65. The van der Waals surface area contributed by atoms with Crippen molar-refractivity contribution in [1.82, 2.24) is 19.6 Å². The summed E-state index contributed by atoms with van der Waals surface area (Å²) in [4.78, 5) is 26.6. The number of hydrogen-bond acceptors (Lipinski definition) is 8. The molecular formula is C34H34F4N6O4S. The molecule has 2 aliphatic heterocycles. The maximum absolute atomic E-state index is 14.4. The molecule has 4 aromatic rings. The number of para-hydroxylation sites is 1. The van der Waals surface area contributed by atoms with Crippen LogP contribution < -0.4 is 19.9 Å². The number of nitrogens with one attached hydrogen (secondary N) is 1. The van der Waals surface area contributed by atoms with Gasteiger partial charge in [0.1, 0.15) is 17.6 Å². The van der Waals surface area contributed by atoms with E-state index < -0.39 is 33.7 Å². The van der Waals surface area contributed by atoms with Gasteiger partial charge in [-0.2, -0.15) is 17.5 Å². The van der Waals surface area contributed by atoms with Crippen LogP contribution in [-0.4, -0.2) is 74.5 Å². The largest absolute Gasteiger partial charge is 0.497 e. The van der Waals surface area contributed by atoms with Crippen molar-refractivity contribution in [1.29, 1.82) is 0 Å². The number of halogens is 4. The second-order valence-electron chi connectivity index (χ2n) is 11.7. The third kappa shape index (κ3) is 7.47. The lowest BCUT2D eigenvalue weighted by Gasteiger charge is -2.36.